The van der Waals surface area contributed by atoms with E-state index in [1.807, 2.05) is 62.3 Å². The summed E-state index contributed by atoms with van der Waals surface area (Å²) in [5, 5.41) is 10.6. The molecule has 124 valence electrons. The molecule has 0 amide bonds. The summed E-state index contributed by atoms with van der Waals surface area (Å²) in [5.74, 6) is -0.0872. The van der Waals surface area contributed by atoms with E-state index >= 15 is 0 Å². The number of hydrogen-bond acceptors (Lipinski definition) is 3. The minimum atomic E-state index is -0.543. The van der Waals surface area contributed by atoms with Gasteiger partial charge >= 0.3 is 5.97 Å². The number of phenols is 1. The van der Waals surface area contributed by atoms with E-state index in [4.69, 9.17) is 4.74 Å². The van der Waals surface area contributed by atoms with Crippen LogP contribution in [-0.4, -0.2) is 16.7 Å². The van der Waals surface area contributed by atoms with Crippen molar-refractivity contribution in [3.8, 4) is 5.75 Å². The molecule has 0 atom stereocenters. The summed E-state index contributed by atoms with van der Waals surface area (Å²) in [4.78, 5) is 12.4. The lowest BCUT2D eigenvalue weighted by atomic mass is 9.78. The molecule has 1 aromatic carbocycles. The molecule has 0 aliphatic heterocycles. The van der Waals surface area contributed by atoms with Crippen molar-refractivity contribution >= 4 is 5.97 Å². The topological polar surface area (TPSA) is 46.5 Å². The van der Waals surface area contributed by atoms with E-state index in [2.05, 4.69) is 0 Å². The van der Waals surface area contributed by atoms with Gasteiger partial charge in [0.05, 0.1) is 5.56 Å². The summed E-state index contributed by atoms with van der Waals surface area (Å²) in [6.07, 6.45) is 0. The summed E-state index contributed by atoms with van der Waals surface area (Å²) in [6.45, 7) is 17.7. The zero-order valence-electron chi connectivity index (χ0n) is 15.4. The standard InChI is InChI=1S/C19H30O3/c1-17(2,3)13-10-12(16(21)22-19(7,8)9)11-14(15(13)20)18(4,5)6/h10-11,20H,1-9H3. The van der Waals surface area contributed by atoms with E-state index < -0.39 is 5.60 Å². The predicted molar refractivity (Wildman–Crippen MR) is 90.7 cm³/mol. The first-order valence-corrected chi connectivity index (χ1v) is 7.74. The highest BCUT2D eigenvalue weighted by Crippen LogP contribution is 2.40. The Bertz CT molecular complexity index is 529. The summed E-state index contributed by atoms with van der Waals surface area (Å²) in [5.41, 5.74) is 0.951. The van der Waals surface area contributed by atoms with Crippen molar-refractivity contribution in [1.82, 2.24) is 0 Å². The van der Waals surface area contributed by atoms with Gasteiger partial charge in [-0.3, -0.25) is 0 Å². The Labute approximate surface area is 134 Å². The highest BCUT2D eigenvalue weighted by Gasteiger charge is 2.29. The van der Waals surface area contributed by atoms with Crippen LogP contribution in [0, 0.1) is 0 Å². The fraction of sp³-hybridized carbons (Fsp3) is 0.632. The number of hydrogen-bond donors (Lipinski definition) is 1. The van der Waals surface area contributed by atoms with E-state index in [9.17, 15) is 9.90 Å². The number of aromatic hydroxyl groups is 1. The van der Waals surface area contributed by atoms with Gasteiger partial charge in [-0.05, 0) is 43.7 Å². The van der Waals surface area contributed by atoms with Crippen molar-refractivity contribution in [1.29, 1.82) is 0 Å². The van der Waals surface area contributed by atoms with E-state index in [0.717, 1.165) is 11.1 Å². The molecule has 0 aliphatic carbocycles. The first-order valence-electron chi connectivity index (χ1n) is 7.74. The zero-order valence-corrected chi connectivity index (χ0v) is 15.4. The summed E-state index contributed by atoms with van der Waals surface area (Å²) >= 11 is 0. The maximum absolute atomic E-state index is 12.4. The number of phenolic OH excluding ortho intramolecular Hbond substituents is 1. The number of ether oxygens (including phenoxy) is 1. The SMILES string of the molecule is CC(C)(C)OC(=O)c1cc(C(C)(C)C)c(O)c(C(C)(C)C)c1. The van der Waals surface area contributed by atoms with E-state index in [0.29, 0.717) is 5.56 Å². The Balaban J connectivity index is 3.52. The van der Waals surface area contributed by atoms with Gasteiger partial charge in [-0.1, -0.05) is 41.5 Å². The molecule has 0 radical (unpaired) electrons. The Morgan fingerprint density at radius 3 is 1.50 bits per heavy atom. The van der Waals surface area contributed by atoms with Gasteiger partial charge in [0.25, 0.3) is 0 Å². The van der Waals surface area contributed by atoms with Gasteiger partial charge in [0.15, 0.2) is 0 Å². The van der Waals surface area contributed by atoms with E-state index in [1.54, 1.807) is 12.1 Å². The third kappa shape index (κ3) is 4.49. The molecule has 1 aromatic rings. The molecule has 0 heterocycles. The molecule has 3 heteroatoms. The third-order valence-electron chi connectivity index (χ3n) is 3.36. The number of rotatable bonds is 1. The average Bonchev–Trinajstić information content (AvgIpc) is 2.23. The van der Waals surface area contributed by atoms with Crippen molar-refractivity contribution in [2.45, 2.75) is 78.7 Å². The van der Waals surface area contributed by atoms with Crippen LogP contribution in [0.5, 0.6) is 5.75 Å². The molecule has 0 fully saturated rings. The minimum Gasteiger partial charge on any atom is -0.507 e. The Morgan fingerprint density at radius 2 is 1.23 bits per heavy atom. The predicted octanol–water partition coefficient (Wildman–Crippen LogP) is 4.94. The van der Waals surface area contributed by atoms with Crippen LogP contribution in [0.2, 0.25) is 0 Å². The van der Waals surface area contributed by atoms with Gasteiger partial charge in [0.2, 0.25) is 0 Å². The molecular weight excluding hydrogens is 276 g/mol. The van der Waals surface area contributed by atoms with Crippen LogP contribution in [0.25, 0.3) is 0 Å². The molecule has 3 nitrogen and oxygen atoms in total. The fourth-order valence-corrected chi connectivity index (χ4v) is 2.23. The molecule has 0 saturated heterocycles. The third-order valence-corrected chi connectivity index (χ3v) is 3.36. The van der Waals surface area contributed by atoms with Gasteiger partial charge in [0, 0.05) is 11.1 Å². The fourth-order valence-electron chi connectivity index (χ4n) is 2.23. The number of esters is 1. The first kappa shape index (κ1) is 18.5. The summed E-state index contributed by atoms with van der Waals surface area (Å²) < 4.78 is 5.48. The van der Waals surface area contributed by atoms with Crippen LogP contribution in [0.1, 0.15) is 83.8 Å². The van der Waals surface area contributed by atoms with Crippen molar-refractivity contribution in [2.24, 2.45) is 0 Å². The normalized spacial score (nSPS) is 13.1. The van der Waals surface area contributed by atoms with Crippen molar-refractivity contribution in [2.75, 3.05) is 0 Å². The Hall–Kier alpha value is -1.51. The lowest BCUT2D eigenvalue weighted by Gasteiger charge is -2.28. The molecule has 1 rings (SSSR count). The van der Waals surface area contributed by atoms with Gasteiger partial charge in [-0.15, -0.1) is 0 Å². The zero-order chi connectivity index (χ0) is 17.5. The van der Waals surface area contributed by atoms with Gasteiger partial charge in [-0.2, -0.15) is 0 Å². The first-order chi connectivity index (χ1) is 9.63. The molecule has 0 aliphatic rings. The summed E-state index contributed by atoms with van der Waals surface area (Å²) in [6, 6.07) is 3.50. The maximum Gasteiger partial charge on any atom is 0.338 e. The highest BCUT2D eigenvalue weighted by atomic mass is 16.6. The molecule has 0 spiro atoms. The maximum atomic E-state index is 12.4. The second-order valence-electron chi connectivity index (χ2n) is 8.92. The smallest absolute Gasteiger partial charge is 0.338 e. The lowest BCUT2D eigenvalue weighted by molar-refractivity contribution is 0.00692. The molecule has 0 aromatic heterocycles. The van der Waals surface area contributed by atoms with Crippen LogP contribution in [0.15, 0.2) is 12.1 Å². The van der Waals surface area contributed by atoms with Crippen molar-refractivity contribution < 1.29 is 14.6 Å². The number of carbonyl (C=O) groups excluding carboxylic acids is 1. The van der Waals surface area contributed by atoms with Crippen molar-refractivity contribution in [3.05, 3.63) is 28.8 Å². The quantitative estimate of drug-likeness (QED) is 0.747. The van der Waals surface area contributed by atoms with E-state index in [-0.39, 0.29) is 22.5 Å². The van der Waals surface area contributed by atoms with Crippen LogP contribution in [-0.2, 0) is 15.6 Å². The second kappa shape index (κ2) is 5.60. The average molecular weight is 306 g/mol. The monoisotopic (exact) mass is 306 g/mol. The molecule has 0 unspecified atom stereocenters. The van der Waals surface area contributed by atoms with Gasteiger partial charge < -0.3 is 9.84 Å². The van der Waals surface area contributed by atoms with Crippen molar-refractivity contribution in [3.63, 3.8) is 0 Å². The molecule has 1 N–H and O–H groups in total. The highest BCUT2D eigenvalue weighted by molar-refractivity contribution is 5.90. The molecular formula is C19H30O3. The largest absolute Gasteiger partial charge is 0.507 e. The Morgan fingerprint density at radius 1 is 0.864 bits per heavy atom. The minimum absolute atomic E-state index is 0.262. The van der Waals surface area contributed by atoms with Gasteiger partial charge in [0.1, 0.15) is 11.4 Å². The molecule has 0 saturated carbocycles. The van der Waals surface area contributed by atoms with Gasteiger partial charge in [-0.25, -0.2) is 4.79 Å². The second-order valence-corrected chi connectivity index (χ2v) is 8.92. The molecule has 22 heavy (non-hydrogen) atoms. The van der Waals surface area contributed by atoms with Crippen LogP contribution < -0.4 is 0 Å². The summed E-state index contributed by atoms with van der Waals surface area (Å²) in [7, 11) is 0. The number of benzene rings is 1. The Kier molecular flexibility index (Phi) is 4.72. The number of carbonyl (C=O) groups is 1. The van der Waals surface area contributed by atoms with Crippen LogP contribution in [0.4, 0.5) is 0 Å². The van der Waals surface area contributed by atoms with Crippen LogP contribution in [0.3, 0.4) is 0 Å². The molecule has 0 bridgehead atoms. The van der Waals surface area contributed by atoms with Crippen LogP contribution >= 0.6 is 0 Å². The lowest BCUT2D eigenvalue weighted by Crippen LogP contribution is -2.25. The van der Waals surface area contributed by atoms with E-state index in [1.165, 1.54) is 0 Å².